The summed E-state index contributed by atoms with van der Waals surface area (Å²) in [5.41, 5.74) is 10.5. The predicted molar refractivity (Wildman–Crippen MR) is 128 cm³/mol. The van der Waals surface area contributed by atoms with Crippen LogP contribution in [0.2, 0.25) is 0 Å². The first-order valence-electron chi connectivity index (χ1n) is 11.2. The van der Waals surface area contributed by atoms with Crippen LogP contribution in [0.15, 0.2) is 49.1 Å². The molecule has 3 heterocycles. The van der Waals surface area contributed by atoms with E-state index in [-0.39, 0.29) is 18.6 Å². The highest BCUT2D eigenvalue weighted by Gasteiger charge is 2.34. The number of aliphatic hydroxyl groups excluding tert-OH is 1. The third kappa shape index (κ3) is 4.80. The Balaban J connectivity index is 0.000000821. The van der Waals surface area contributed by atoms with E-state index < -0.39 is 0 Å². The number of aromatic nitrogens is 4. The number of carbonyl (C=O) groups is 1. The van der Waals surface area contributed by atoms with Gasteiger partial charge in [0.05, 0.1) is 17.7 Å². The molecule has 5 rings (SSSR count). The minimum absolute atomic E-state index is 0.0751. The van der Waals surface area contributed by atoms with E-state index in [2.05, 4.69) is 38.6 Å². The van der Waals surface area contributed by atoms with Gasteiger partial charge in [-0.2, -0.15) is 0 Å². The maximum absolute atomic E-state index is 10.8. The number of carboxylic acid groups (broad SMARTS) is 1. The molecule has 1 aliphatic carbocycles. The number of nitrogens with zero attached hydrogens (tertiary/aromatic N) is 4. The van der Waals surface area contributed by atoms with E-state index in [1.54, 1.807) is 6.33 Å². The number of nitrogen functional groups attached to an aromatic ring is 1. The summed E-state index contributed by atoms with van der Waals surface area (Å²) in [6, 6.07) is 10.4. The lowest BCUT2D eigenvalue weighted by molar-refractivity contribution is -0.122. The molecule has 8 nitrogen and oxygen atoms in total. The number of benzene rings is 1. The molecule has 3 atom stereocenters. The highest BCUT2D eigenvalue weighted by molar-refractivity contribution is 5.81. The second kappa shape index (κ2) is 9.95. The smallest absolute Gasteiger partial charge is 0.290 e. The van der Waals surface area contributed by atoms with Crippen molar-refractivity contribution in [3.63, 3.8) is 0 Å². The van der Waals surface area contributed by atoms with E-state index in [9.17, 15) is 5.11 Å². The van der Waals surface area contributed by atoms with Crippen LogP contribution in [0.1, 0.15) is 43.4 Å². The molecular formula is C25H29N5O3. The Morgan fingerprint density at radius 1 is 1.18 bits per heavy atom. The van der Waals surface area contributed by atoms with Gasteiger partial charge in [-0.25, -0.2) is 15.0 Å². The number of fused-ring (bicyclic) bond motifs is 2. The molecule has 0 saturated heterocycles. The zero-order chi connectivity index (χ0) is 23.4. The summed E-state index contributed by atoms with van der Waals surface area (Å²) in [7, 11) is 0. The van der Waals surface area contributed by atoms with E-state index in [0.717, 1.165) is 54.0 Å². The molecule has 4 N–H and O–H groups in total. The molecule has 0 aliphatic heterocycles. The van der Waals surface area contributed by atoms with Crippen molar-refractivity contribution in [2.24, 2.45) is 5.92 Å². The predicted octanol–water partition coefficient (Wildman–Crippen LogP) is 3.77. The van der Waals surface area contributed by atoms with Crippen molar-refractivity contribution in [2.45, 2.75) is 51.2 Å². The number of rotatable bonds is 5. The van der Waals surface area contributed by atoms with Gasteiger partial charge in [0, 0.05) is 23.2 Å². The molecule has 0 amide bonds. The molecule has 3 aromatic heterocycles. The molecule has 8 heteroatoms. The van der Waals surface area contributed by atoms with Crippen LogP contribution in [0.3, 0.4) is 0 Å². The second-order valence-electron chi connectivity index (χ2n) is 8.54. The fraction of sp³-hybridized carbons (Fsp3) is 0.360. The molecule has 4 aromatic rings. The van der Waals surface area contributed by atoms with Crippen LogP contribution >= 0.6 is 0 Å². The first-order valence-corrected chi connectivity index (χ1v) is 11.2. The summed E-state index contributed by atoms with van der Waals surface area (Å²) < 4.78 is 2.13. The van der Waals surface area contributed by atoms with Crippen LogP contribution in [-0.2, 0) is 17.6 Å². The molecule has 0 radical (unpaired) electrons. The Kier molecular flexibility index (Phi) is 6.84. The molecule has 1 saturated carbocycles. The van der Waals surface area contributed by atoms with Crippen molar-refractivity contribution in [1.29, 1.82) is 0 Å². The summed E-state index contributed by atoms with van der Waals surface area (Å²) in [6.45, 7) is 1.95. The molecule has 172 valence electrons. The fourth-order valence-electron chi connectivity index (χ4n) is 4.99. The minimum atomic E-state index is -0.343. The first kappa shape index (κ1) is 22.7. The Bertz CT molecular complexity index is 1260. The number of anilines is 1. The lowest BCUT2D eigenvalue weighted by Crippen LogP contribution is -2.17. The summed E-state index contributed by atoms with van der Waals surface area (Å²) in [6.07, 6.45) is 9.94. The first-order chi connectivity index (χ1) is 16.0. The summed E-state index contributed by atoms with van der Waals surface area (Å²) in [4.78, 5) is 21.4. The fourth-order valence-corrected chi connectivity index (χ4v) is 4.99. The zero-order valence-electron chi connectivity index (χ0n) is 18.6. The number of pyridine rings is 1. The van der Waals surface area contributed by atoms with Gasteiger partial charge in [-0.1, -0.05) is 6.92 Å². The number of aryl methyl sites for hydroxylation is 2. The van der Waals surface area contributed by atoms with Crippen LogP contribution in [0.25, 0.3) is 21.9 Å². The Morgan fingerprint density at radius 2 is 2.00 bits per heavy atom. The van der Waals surface area contributed by atoms with Crippen molar-refractivity contribution in [3.8, 4) is 0 Å². The maximum Gasteiger partial charge on any atom is 0.290 e. The van der Waals surface area contributed by atoms with E-state index in [4.69, 9.17) is 15.6 Å². The SMILES string of the molecule is CCc1cc2ccc(N)nc2cc1CCC1CC(O)C(n2ccc3cncnc32)C1.O=CO. The molecule has 1 fully saturated rings. The molecule has 33 heavy (non-hydrogen) atoms. The Hall–Kier alpha value is -3.52. The second-order valence-corrected chi connectivity index (χ2v) is 8.54. The van der Waals surface area contributed by atoms with Gasteiger partial charge >= 0.3 is 0 Å². The van der Waals surface area contributed by atoms with E-state index in [1.165, 1.54) is 11.1 Å². The lowest BCUT2D eigenvalue weighted by Gasteiger charge is -2.17. The normalized spacial score (nSPS) is 20.0. The number of nitrogens with two attached hydrogens (primary N) is 1. The van der Waals surface area contributed by atoms with E-state index in [0.29, 0.717) is 11.7 Å². The molecule has 0 bridgehead atoms. The van der Waals surface area contributed by atoms with Gasteiger partial charge in [0.2, 0.25) is 0 Å². The molecule has 1 aliphatic rings. The lowest BCUT2D eigenvalue weighted by atomic mass is 9.93. The summed E-state index contributed by atoms with van der Waals surface area (Å²) in [5.74, 6) is 1.04. The van der Waals surface area contributed by atoms with Crippen molar-refractivity contribution in [3.05, 3.63) is 60.2 Å². The Labute approximate surface area is 192 Å². The van der Waals surface area contributed by atoms with Gasteiger partial charge in [-0.05, 0) is 79.5 Å². The van der Waals surface area contributed by atoms with Crippen LogP contribution in [-0.4, -0.2) is 42.3 Å². The van der Waals surface area contributed by atoms with Crippen LogP contribution in [0.4, 0.5) is 5.82 Å². The van der Waals surface area contributed by atoms with Crippen molar-refractivity contribution in [2.75, 3.05) is 5.73 Å². The van der Waals surface area contributed by atoms with Crippen LogP contribution in [0.5, 0.6) is 0 Å². The minimum Gasteiger partial charge on any atom is -0.483 e. The highest BCUT2D eigenvalue weighted by Crippen LogP contribution is 2.39. The quantitative estimate of drug-likeness (QED) is 0.397. The topological polar surface area (TPSA) is 127 Å². The maximum atomic E-state index is 10.8. The van der Waals surface area contributed by atoms with Gasteiger partial charge < -0.3 is 20.5 Å². The largest absolute Gasteiger partial charge is 0.483 e. The summed E-state index contributed by atoms with van der Waals surface area (Å²) >= 11 is 0. The average molecular weight is 448 g/mol. The monoisotopic (exact) mass is 447 g/mol. The molecule has 3 unspecified atom stereocenters. The highest BCUT2D eigenvalue weighted by atomic mass is 16.3. The van der Waals surface area contributed by atoms with Crippen LogP contribution in [0, 0.1) is 5.92 Å². The van der Waals surface area contributed by atoms with Crippen molar-refractivity contribution in [1.82, 2.24) is 19.5 Å². The number of hydrogen-bond donors (Lipinski definition) is 3. The third-order valence-corrected chi connectivity index (χ3v) is 6.56. The molecule has 0 spiro atoms. The van der Waals surface area contributed by atoms with Gasteiger partial charge in [0.1, 0.15) is 17.8 Å². The average Bonchev–Trinajstić information content (AvgIpc) is 3.40. The van der Waals surface area contributed by atoms with E-state index in [1.807, 2.05) is 30.6 Å². The zero-order valence-corrected chi connectivity index (χ0v) is 18.6. The van der Waals surface area contributed by atoms with Gasteiger partial charge in [-0.3, -0.25) is 4.79 Å². The molecule has 1 aromatic carbocycles. The van der Waals surface area contributed by atoms with Crippen LogP contribution < -0.4 is 5.73 Å². The standard InChI is InChI=1S/C24H27N5O.CH2O2/c1-2-16-11-18-5-6-23(25)28-20(18)12-17(16)4-3-15-9-21(22(30)10-15)29-8-7-19-13-26-14-27-24(19)29;2-1-3/h5-8,11-15,21-22,30H,2-4,9-10H2,1H3,(H2,25,28);1H,(H,2,3). The van der Waals surface area contributed by atoms with Gasteiger partial charge in [0.15, 0.2) is 0 Å². The van der Waals surface area contributed by atoms with Gasteiger partial charge in [-0.15, -0.1) is 0 Å². The molecular weight excluding hydrogens is 418 g/mol. The van der Waals surface area contributed by atoms with Gasteiger partial charge in [0.25, 0.3) is 6.47 Å². The van der Waals surface area contributed by atoms with Crippen molar-refractivity contribution < 1.29 is 15.0 Å². The summed E-state index contributed by atoms with van der Waals surface area (Å²) in [5, 5.41) is 19.8. The number of aliphatic hydroxyl groups is 1. The van der Waals surface area contributed by atoms with Crippen molar-refractivity contribution >= 4 is 34.2 Å². The number of hydrogen-bond acceptors (Lipinski definition) is 6. The van der Waals surface area contributed by atoms with E-state index >= 15 is 0 Å². The Morgan fingerprint density at radius 3 is 2.79 bits per heavy atom. The third-order valence-electron chi connectivity index (χ3n) is 6.56.